The second-order valence-electron chi connectivity index (χ2n) is 4.87. The van der Waals surface area contributed by atoms with Crippen molar-refractivity contribution in [1.29, 1.82) is 0 Å². The van der Waals surface area contributed by atoms with Crippen LogP contribution in [0.2, 0.25) is 0 Å². The summed E-state index contributed by atoms with van der Waals surface area (Å²) in [7, 11) is 1.62. The lowest BCUT2D eigenvalue weighted by Crippen LogP contribution is -2.05. The van der Waals surface area contributed by atoms with Gasteiger partial charge in [0.15, 0.2) is 5.69 Å². The maximum atomic E-state index is 11.9. The van der Waals surface area contributed by atoms with E-state index >= 15 is 0 Å². The zero-order valence-corrected chi connectivity index (χ0v) is 12.8. The smallest absolute Gasteiger partial charge is 0.358 e. The van der Waals surface area contributed by atoms with Gasteiger partial charge in [-0.25, -0.2) is 9.78 Å². The van der Waals surface area contributed by atoms with Crippen LogP contribution in [-0.4, -0.2) is 29.2 Å². The van der Waals surface area contributed by atoms with Crippen molar-refractivity contribution in [1.82, 2.24) is 9.55 Å². The third-order valence-electron chi connectivity index (χ3n) is 3.12. The van der Waals surface area contributed by atoms with E-state index in [1.165, 1.54) is 0 Å². The van der Waals surface area contributed by atoms with Crippen molar-refractivity contribution >= 4 is 5.97 Å². The SMILES string of the molecule is CCOC(=O)c1cn(C(C)C)c(-c2ccccc2OC)n1. The lowest BCUT2D eigenvalue weighted by atomic mass is 10.2. The molecule has 0 N–H and O–H groups in total. The minimum atomic E-state index is -0.409. The zero-order chi connectivity index (χ0) is 15.4. The number of para-hydroxylation sites is 1. The molecule has 112 valence electrons. The van der Waals surface area contributed by atoms with E-state index in [1.807, 2.05) is 42.7 Å². The Morgan fingerprint density at radius 3 is 2.67 bits per heavy atom. The summed E-state index contributed by atoms with van der Waals surface area (Å²) >= 11 is 0. The molecule has 2 aromatic rings. The molecule has 0 aliphatic rings. The summed E-state index contributed by atoms with van der Waals surface area (Å²) in [6.07, 6.45) is 1.73. The molecule has 0 atom stereocenters. The number of rotatable bonds is 5. The van der Waals surface area contributed by atoms with Crippen LogP contribution in [0.5, 0.6) is 5.75 Å². The standard InChI is InChI=1S/C16H20N2O3/c1-5-21-16(19)13-10-18(11(2)3)15(17-13)12-8-6-7-9-14(12)20-4/h6-11H,5H2,1-4H3. The fourth-order valence-corrected chi connectivity index (χ4v) is 2.12. The van der Waals surface area contributed by atoms with Crippen LogP contribution in [0.1, 0.15) is 37.3 Å². The number of ether oxygens (including phenoxy) is 2. The van der Waals surface area contributed by atoms with Crippen LogP contribution in [0.25, 0.3) is 11.4 Å². The molecule has 0 aliphatic heterocycles. The molecule has 0 fully saturated rings. The Kier molecular flexibility index (Phi) is 4.62. The van der Waals surface area contributed by atoms with Gasteiger partial charge in [0.25, 0.3) is 0 Å². The molecule has 21 heavy (non-hydrogen) atoms. The van der Waals surface area contributed by atoms with E-state index in [0.29, 0.717) is 18.1 Å². The van der Waals surface area contributed by atoms with Gasteiger partial charge in [0, 0.05) is 12.2 Å². The molecule has 0 radical (unpaired) electrons. The summed E-state index contributed by atoms with van der Waals surface area (Å²) in [5.74, 6) is 1.01. The first-order valence-electron chi connectivity index (χ1n) is 6.97. The monoisotopic (exact) mass is 288 g/mol. The number of nitrogens with zero attached hydrogens (tertiary/aromatic N) is 2. The van der Waals surface area contributed by atoms with Crippen LogP contribution < -0.4 is 4.74 Å². The molecule has 0 amide bonds. The third kappa shape index (κ3) is 3.07. The van der Waals surface area contributed by atoms with Gasteiger partial charge in [0.05, 0.1) is 19.3 Å². The average Bonchev–Trinajstić information content (AvgIpc) is 2.92. The number of carbonyl (C=O) groups excluding carboxylic acids is 1. The summed E-state index contributed by atoms with van der Waals surface area (Å²) in [5, 5.41) is 0. The van der Waals surface area contributed by atoms with Gasteiger partial charge in [-0.3, -0.25) is 0 Å². The molecule has 0 bridgehead atoms. The first-order chi connectivity index (χ1) is 10.1. The minimum Gasteiger partial charge on any atom is -0.496 e. The highest BCUT2D eigenvalue weighted by Crippen LogP contribution is 2.30. The third-order valence-corrected chi connectivity index (χ3v) is 3.12. The minimum absolute atomic E-state index is 0.167. The van der Waals surface area contributed by atoms with Gasteiger partial charge < -0.3 is 14.0 Å². The summed E-state index contributed by atoms with van der Waals surface area (Å²) in [5.41, 5.74) is 1.16. The summed E-state index contributed by atoms with van der Waals surface area (Å²) in [6.45, 7) is 6.18. The number of aromatic nitrogens is 2. The Morgan fingerprint density at radius 1 is 1.33 bits per heavy atom. The average molecular weight is 288 g/mol. The van der Waals surface area contributed by atoms with Crippen molar-refractivity contribution in [3.63, 3.8) is 0 Å². The largest absolute Gasteiger partial charge is 0.496 e. The van der Waals surface area contributed by atoms with E-state index in [4.69, 9.17) is 9.47 Å². The van der Waals surface area contributed by atoms with E-state index < -0.39 is 5.97 Å². The van der Waals surface area contributed by atoms with E-state index in [2.05, 4.69) is 4.98 Å². The van der Waals surface area contributed by atoms with Crippen molar-refractivity contribution in [2.45, 2.75) is 26.8 Å². The lowest BCUT2D eigenvalue weighted by Gasteiger charge is -2.13. The topological polar surface area (TPSA) is 53.4 Å². The van der Waals surface area contributed by atoms with Crippen LogP contribution in [0.4, 0.5) is 0 Å². The van der Waals surface area contributed by atoms with Crippen LogP contribution in [0.3, 0.4) is 0 Å². The second kappa shape index (κ2) is 6.43. The van der Waals surface area contributed by atoms with Crippen LogP contribution in [-0.2, 0) is 4.74 Å². The summed E-state index contributed by atoms with van der Waals surface area (Å²) < 4.78 is 12.4. The van der Waals surface area contributed by atoms with Gasteiger partial charge in [0.2, 0.25) is 0 Å². The van der Waals surface area contributed by atoms with Crippen molar-refractivity contribution in [2.24, 2.45) is 0 Å². The van der Waals surface area contributed by atoms with Crippen molar-refractivity contribution in [3.8, 4) is 17.1 Å². The van der Waals surface area contributed by atoms with Gasteiger partial charge in [-0.2, -0.15) is 0 Å². The molecule has 0 aliphatic carbocycles. The maximum Gasteiger partial charge on any atom is 0.358 e. The summed E-state index contributed by atoms with van der Waals surface area (Å²) in [6, 6.07) is 7.78. The lowest BCUT2D eigenvalue weighted by molar-refractivity contribution is 0.0520. The van der Waals surface area contributed by atoms with Crippen molar-refractivity contribution < 1.29 is 14.3 Å². The Labute approximate surface area is 124 Å². The summed E-state index contributed by atoms with van der Waals surface area (Å²) in [4.78, 5) is 16.3. The van der Waals surface area contributed by atoms with Gasteiger partial charge in [-0.05, 0) is 32.9 Å². The highest BCUT2D eigenvalue weighted by Gasteiger charge is 2.19. The molecule has 0 saturated carbocycles. The number of hydrogen-bond acceptors (Lipinski definition) is 4. The Morgan fingerprint density at radius 2 is 2.05 bits per heavy atom. The van der Waals surface area contributed by atoms with Crippen LogP contribution >= 0.6 is 0 Å². The fraction of sp³-hybridized carbons (Fsp3) is 0.375. The Hall–Kier alpha value is -2.30. The van der Waals surface area contributed by atoms with Gasteiger partial charge in [-0.1, -0.05) is 12.1 Å². The Bertz CT molecular complexity index is 632. The highest BCUT2D eigenvalue weighted by molar-refractivity contribution is 5.88. The molecule has 1 aromatic heterocycles. The number of esters is 1. The first-order valence-corrected chi connectivity index (χ1v) is 6.97. The van der Waals surface area contributed by atoms with Crippen LogP contribution in [0.15, 0.2) is 30.5 Å². The van der Waals surface area contributed by atoms with Gasteiger partial charge >= 0.3 is 5.97 Å². The number of hydrogen-bond donors (Lipinski definition) is 0. The first kappa shape index (κ1) is 15.1. The van der Waals surface area contributed by atoms with E-state index in [0.717, 1.165) is 11.3 Å². The molecule has 5 heteroatoms. The van der Waals surface area contributed by atoms with Gasteiger partial charge in [-0.15, -0.1) is 0 Å². The van der Waals surface area contributed by atoms with Crippen molar-refractivity contribution in [2.75, 3.05) is 13.7 Å². The maximum absolute atomic E-state index is 11.9. The normalized spacial score (nSPS) is 10.7. The number of carbonyl (C=O) groups is 1. The van der Waals surface area contributed by atoms with E-state index in [-0.39, 0.29) is 6.04 Å². The Balaban J connectivity index is 2.54. The van der Waals surface area contributed by atoms with Crippen LogP contribution in [0, 0.1) is 0 Å². The second-order valence-corrected chi connectivity index (χ2v) is 4.87. The molecular formula is C16H20N2O3. The molecule has 0 spiro atoms. The zero-order valence-electron chi connectivity index (χ0n) is 12.8. The molecule has 1 heterocycles. The number of imidazole rings is 1. The molecule has 0 unspecified atom stereocenters. The predicted molar refractivity (Wildman–Crippen MR) is 80.6 cm³/mol. The molecule has 0 saturated heterocycles. The molecular weight excluding hydrogens is 268 g/mol. The van der Waals surface area contributed by atoms with E-state index in [9.17, 15) is 4.79 Å². The highest BCUT2D eigenvalue weighted by atomic mass is 16.5. The number of methoxy groups -OCH3 is 1. The number of benzene rings is 1. The predicted octanol–water partition coefficient (Wildman–Crippen LogP) is 3.32. The molecule has 1 aromatic carbocycles. The van der Waals surface area contributed by atoms with Gasteiger partial charge in [0.1, 0.15) is 11.6 Å². The molecule has 2 rings (SSSR count). The molecule has 5 nitrogen and oxygen atoms in total. The van der Waals surface area contributed by atoms with E-state index in [1.54, 1.807) is 20.2 Å². The fourth-order valence-electron chi connectivity index (χ4n) is 2.12. The van der Waals surface area contributed by atoms with Crippen molar-refractivity contribution in [3.05, 3.63) is 36.2 Å². The quantitative estimate of drug-likeness (QED) is 0.792.